The molecule has 170 valence electrons. The summed E-state index contributed by atoms with van der Waals surface area (Å²) in [5, 5.41) is 15.0. The SMILES string of the molecule is COc1ccc([C@]2(O)CCCC[C@H]2N2CCC3(CC2)C(=O)NCN3c2ccccc2)cc1. The molecule has 32 heavy (non-hydrogen) atoms. The number of amides is 1. The molecule has 2 heterocycles. The molecule has 2 atom stereocenters. The Morgan fingerprint density at radius 2 is 1.72 bits per heavy atom. The average Bonchev–Trinajstić information content (AvgIpc) is 3.16. The van der Waals surface area contributed by atoms with Crippen molar-refractivity contribution in [3.8, 4) is 5.75 Å². The quantitative estimate of drug-likeness (QED) is 0.772. The maximum atomic E-state index is 13.0. The summed E-state index contributed by atoms with van der Waals surface area (Å²) in [4.78, 5) is 17.7. The van der Waals surface area contributed by atoms with Crippen LogP contribution in [-0.2, 0) is 10.4 Å². The molecule has 2 N–H and O–H groups in total. The number of carbonyl (C=O) groups excluding carboxylic acids is 1. The number of para-hydroxylation sites is 1. The second kappa shape index (κ2) is 8.41. The van der Waals surface area contributed by atoms with Gasteiger partial charge in [-0.25, -0.2) is 0 Å². The van der Waals surface area contributed by atoms with Gasteiger partial charge in [-0.05, 0) is 55.5 Å². The summed E-state index contributed by atoms with van der Waals surface area (Å²) in [6, 6.07) is 18.2. The molecular formula is C26H33N3O3. The van der Waals surface area contributed by atoms with Gasteiger partial charge in [0.25, 0.3) is 0 Å². The molecule has 5 rings (SSSR count). The third-order valence-corrected chi connectivity index (χ3v) is 7.90. The zero-order chi connectivity index (χ0) is 22.2. The van der Waals surface area contributed by atoms with Crippen molar-refractivity contribution in [2.75, 3.05) is 31.8 Å². The molecule has 0 aromatic heterocycles. The maximum Gasteiger partial charge on any atom is 0.247 e. The molecule has 0 radical (unpaired) electrons. The van der Waals surface area contributed by atoms with Gasteiger partial charge in [0, 0.05) is 24.8 Å². The lowest BCUT2D eigenvalue weighted by Gasteiger charge is -2.51. The Bertz CT molecular complexity index is 941. The number of aliphatic hydroxyl groups is 1. The molecule has 0 unspecified atom stereocenters. The van der Waals surface area contributed by atoms with Gasteiger partial charge in [0.15, 0.2) is 0 Å². The number of rotatable bonds is 4. The van der Waals surface area contributed by atoms with Crippen molar-refractivity contribution in [3.05, 3.63) is 60.2 Å². The molecule has 1 aliphatic carbocycles. The Labute approximate surface area is 190 Å². The number of piperidine rings is 1. The lowest BCUT2D eigenvalue weighted by Crippen LogP contribution is -2.61. The Morgan fingerprint density at radius 1 is 1.00 bits per heavy atom. The van der Waals surface area contributed by atoms with E-state index in [2.05, 4.69) is 27.2 Å². The van der Waals surface area contributed by atoms with Crippen molar-refractivity contribution in [1.82, 2.24) is 10.2 Å². The third kappa shape index (κ3) is 3.46. The van der Waals surface area contributed by atoms with Gasteiger partial charge >= 0.3 is 0 Å². The predicted octanol–water partition coefficient (Wildman–Crippen LogP) is 3.25. The number of hydrogen-bond acceptors (Lipinski definition) is 5. The smallest absolute Gasteiger partial charge is 0.247 e. The topological polar surface area (TPSA) is 65.0 Å². The highest BCUT2D eigenvalue weighted by Gasteiger charge is 2.53. The van der Waals surface area contributed by atoms with E-state index in [-0.39, 0.29) is 11.9 Å². The van der Waals surface area contributed by atoms with Crippen molar-refractivity contribution in [1.29, 1.82) is 0 Å². The molecule has 2 aromatic carbocycles. The molecule has 0 bridgehead atoms. The summed E-state index contributed by atoms with van der Waals surface area (Å²) in [5.41, 5.74) is 0.691. The number of hydrogen-bond donors (Lipinski definition) is 2. The molecule has 3 aliphatic rings. The first-order valence-corrected chi connectivity index (χ1v) is 11.8. The van der Waals surface area contributed by atoms with Gasteiger partial charge in [-0.15, -0.1) is 0 Å². The van der Waals surface area contributed by atoms with Crippen LogP contribution in [0.4, 0.5) is 5.69 Å². The molecule has 3 fully saturated rings. The van der Waals surface area contributed by atoms with Crippen LogP contribution in [0.3, 0.4) is 0 Å². The van der Waals surface area contributed by atoms with Crippen molar-refractivity contribution in [3.63, 3.8) is 0 Å². The lowest BCUT2D eigenvalue weighted by molar-refractivity contribution is -0.127. The minimum Gasteiger partial charge on any atom is -0.497 e. The number of methoxy groups -OCH3 is 1. The number of carbonyl (C=O) groups is 1. The highest BCUT2D eigenvalue weighted by atomic mass is 16.5. The fourth-order valence-corrected chi connectivity index (χ4v) is 6.08. The van der Waals surface area contributed by atoms with E-state index in [0.717, 1.165) is 68.6 Å². The van der Waals surface area contributed by atoms with E-state index in [1.165, 1.54) is 0 Å². The number of likely N-dealkylation sites (tertiary alicyclic amines) is 1. The van der Waals surface area contributed by atoms with E-state index in [0.29, 0.717) is 6.67 Å². The van der Waals surface area contributed by atoms with Gasteiger partial charge in [-0.3, -0.25) is 9.69 Å². The maximum absolute atomic E-state index is 13.0. The van der Waals surface area contributed by atoms with Gasteiger partial charge in [0.2, 0.25) is 5.91 Å². The molecular weight excluding hydrogens is 402 g/mol. The van der Waals surface area contributed by atoms with Crippen molar-refractivity contribution >= 4 is 11.6 Å². The molecule has 6 nitrogen and oxygen atoms in total. The standard InChI is InChI=1S/C26H33N3O3/c1-32-22-12-10-20(11-13-22)26(31)14-6-5-9-23(26)28-17-15-25(16-18-28)24(30)27-19-29(25)21-7-3-2-4-8-21/h2-4,7-8,10-13,23,31H,5-6,9,14-19H2,1H3,(H,27,30)/t23-,26-/m1/s1. The Morgan fingerprint density at radius 3 is 2.41 bits per heavy atom. The summed E-state index contributed by atoms with van der Waals surface area (Å²) in [6.07, 6.45) is 5.43. The number of nitrogens with zero attached hydrogens (tertiary/aromatic N) is 2. The number of nitrogens with one attached hydrogen (secondary N) is 1. The van der Waals surface area contributed by atoms with Crippen molar-refractivity contribution < 1.29 is 14.6 Å². The molecule has 1 amide bonds. The van der Waals surface area contributed by atoms with E-state index in [1.807, 2.05) is 42.5 Å². The molecule has 1 saturated carbocycles. The first kappa shape index (κ1) is 21.3. The summed E-state index contributed by atoms with van der Waals surface area (Å²) < 4.78 is 5.31. The largest absolute Gasteiger partial charge is 0.497 e. The highest BCUT2D eigenvalue weighted by Crippen LogP contribution is 2.43. The first-order chi connectivity index (χ1) is 15.6. The molecule has 2 saturated heterocycles. The fourth-order valence-electron chi connectivity index (χ4n) is 6.08. The summed E-state index contributed by atoms with van der Waals surface area (Å²) >= 11 is 0. The van der Waals surface area contributed by atoms with Gasteiger partial charge in [-0.2, -0.15) is 0 Å². The zero-order valence-electron chi connectivity index (χ0n) is 18.8. The van der Waals surface area contributed by atoms with Crippen molar-refractivity contribution in [2.24, 2.45) is 0 Å². The molecule has 1 spiro atoms. The van der Waals surface area contributed by atoms with Crippen LogP contribution in [0, 0.1) is 0 Å². The molecule has 6 heteroatoms. The van der Waals surface area contributed by atoms with Crippen LogP contribution in [0.5, 0.6) is 5.75 Å². The van der Waals surface area contributed by atoms with Crippen LogP contribution in [0.25, 0.3) is 0 Å². The minimum atomic E-state index is -0.869. The zero-order valence-corrected chi connectivity index (χ0v) is 18.8. The Hall–Kier alpha value is -2.57. The van der Waals surface area contributed by atoms with Crippen LogP contribution in [0.1, 0.15) is 44.1 Å². The average molecular weight is 436 g/mol. The normalized spacial score (nSPS) is 28.0. The first-order valence-electron chi connectivity index (χ1n) is 11.8. The second-order valence-electron chi connectivity index (χ2n) is 9.41. The number of benzene rings is 2. The van der Waals surface area contributed by atoms with Crippen LogP contribution in [-0.4, -0.2) is 54.4 Å². The van der Waals surface area contributed by atoms with Crippen LogP contribution < -0.4 is 15.0 Å². The van der Waals surface area contributed by atoms with E-state index in [1.54, 1.807) is 7.11 Å². The van der Waals surface area contributed by atoms with Gasteiger partial charge < -0.3 is 20.1 Å². The monoisotopic (exact) mass is 435 g/mol. The van der Waals surface area contributed by atoms with E-state index in [9.17, 15) is 9.90 Å². The fraction of sp³-hybridized carbons (Fsp3) is 0.500. The van der Waals surface area contributed by atoms with Crippen molar-refractivity contribution in [2.45, 2.75) is 55.7 Å². The third-order valence-electron chi connectivity index (χ3n) is 7.90. The van der Waals surface area contributed by atoms with Crippen LogP contribution in [0.2, 0.25) is 0 Å². The Balaban J connectivity index is 1.37. The summed E-state index contributed by atoms with van der Waals surface area (Å²) in [7, 11) is 1.66. The summed E-state index contributed by atoms with van der Waals surface area (Å²) in [6.45, 7) is 2.17. The Kier molecular flexibility index (Phi) is 5.59. The van der Waals surface area contributed by atoms with Gasteiger partial charge in [-0.1, -0.05) is 43.2 Å². The van der Waals surface area contributed by atoms with E-state index < -0.39 is 11.1 Å². The number of anilines is 1. The van der Waals surface area contributed by atoms with Crippen LogP contribution >= 0.6 is 0 Å². The predicted molar refractivity (Wildman–Crippen MR) is 125 cm³/mol. The highest BCUT2D eigenvalue weighted by molar-refractivity contribution is 5.93. The summed E-state index contributed by atoms with van der Waals surface area (Å²) in [5.74, 6) is 0.938. The van der Waals surface area contributed by atoms with E-state index >= 15 is 0 Å². The molecule has 2 aliphatic heterocycles. The van der Waals surface area contributed by atoms with E-state index in [4.69, 9.17) is 4.74 Å². The second-order valence-corrected chi connectivity index (χ2v) is 9.41. The molecule has 2 aromatic rings. The van der Waals surface area contributed by atoms with Gasteiger partial charge in [0.1, 0.15) is 16.9 Å². The number of ether oxygens (including phenoxy) is 1. The van der Waals surface area contributed by atoms with Gasteiger partial charge in [0.05, 0.1) is 13.8 Å². The van der Waals surface area contributed by atoms with Crippen LogP contribution in [0.15, 0.2) is 54.6 Å². The lowest BCUT2D eigenvalue weighted by atomic mass is 9.73. The minimum absolute atomic E-state index is 0.0663.